The van der Waals surface area contributed by atoms with Gasteiger partial charge in [0.15, 0.2) is 0 Å². The molecule has 2 aromatic carbocycles. The number of non-ortho nitro benzene ring substituents is 1. The molecule has 3 aliphatic rings. The summed E-state index contributed by atoms with van der Waals surface area (Å²) in [5, 5.41) is 38.7. The number of nitrogens with one attached hydrogen (secondary N) is 1. The fourth-order valence-corrected chi connectivity index (χ4v) is 10.4. The molecule has 6 atom stereocenters. The normalized spacial score (nSPS) is 22.3. The minimum Gasteiger partial charge on any atom is -0.459 e. The number of fused-ring (bicyclic) bond motifs is 2. The van der Waals surface area contributed by atoms with Gasteiger partial charge in [0.05, 0.1) is 23.2 Å². The van der Waals surface area contributed by atoms with E-state index in [0.29, 0.717) is 55.1 Å². The highest BCUT2D eigenvalue weighted by molar-refractivity contribution is 6.03. The van der Waals surface area contributed by atoms with Crippen LogP contribution in [0.2, 0.25) is 0 Å². The van der Waals surface area contributed by atoms with E-state index in [1.165, 1.54) is 70.3 Å². The number of nitrogens with zero attached hydrogens (tertiary/aromatic N) is 3. The topological polar surface area (TPSA) is 182 Å². The Balaban J connectivity index is 1.53. The Morgan fingerprint density at radius 3 is 2.27 bits per heavy atom. The molecule has 1 fully saturated rings. The van der Waals surface area contributed by atoms with Gasteiger partial charge in [-0.3, -0.25) is 14.9 Å². The summed E-state index contributed by atoms with van der Waals surface area (Å²) >= 11 is 0. The molecular weight excluding hydrogens is 853 g/mol. The largest absolute Gasteiger partial charge is 0.459 e. The summed E-state index contributed by atoms with van der Waals surface area (Å²) in [6, 6.07) is 10.8. The van der Waals surface area contributed by atoms with Gasteiger partial charge in [0.1, 0.15) is 24.7 Å². The number of allylic oxidation sites excluding steroid dienone is 1. The quantitative estimate of drug-likeness (QED) is 0.0224. The summed E-state index contributed by atoms with van der Waals surface area (Å²) in [5.41, 5.74) is 2.99. The van der Waals surface area contributed by atoms with E-state index in [2.05, 4.69) is 30.1 Å². The highest BCUT2D eigenvalue weighted by Gasteiger charge is 2.65. The summed E-state index contributed by atoms with van der Waals surface area (Å²) in [6.07, 6.45) is 23.8. The highest BCUT2D eigenvalue weighted by atomic mass is 16.7. The Hall–Kier alpha value is -5.05. The maximum absolute atomic E-state index is 14.6. The van der Waals surface area contributed by atoms with Gasteiger partial charge in [-0.15, -0.1) is 6.58 Å². The lowest BCUT2D eigenvalue weighted by molar-refractivity contribution is -0.384. The Morgan fingerprint density at radius 1 is 0.940 bits per heavy atom. The molecule has 0 aromatic heterocycles. The van der Waals surface area contributed by atoms with Gasteiger partial charge in [0.2, 0.25) is 11.7 Å². The summed E-state index contributed by atoms with van der Waals surface area (Å²) in [7, 11) is 1.51. The first-order chi connectivity index (χ1) is 32.7. The van der Waals surface area contributed by atoms with Crippen LogP contribution in [0, 0.1) is 27.9 Å². The van der Waals surface area contributed by atoms with Crippen LogP contribution in [0.15, 0.2) is 78.0 Å². The summed E-state index contributed by atoms with van der Waals surface area (Å²) < 4.78 is 20.3. The number of rotatable bonds is 30. The SMILES string of the molecule is C=CCO[C@@]12Oc3ccc(OC(=O)NCCCCCCCCCCCC)cc3[C@H]3[C@H](CCCCO)[C@@H](CCCCO)C=C(C(=NOC)C[C@@H]1N(CCC)C(=O)C=Cc1ccc([N+](=O)[O-])cc1)[C@H]32. The molecule has 1 heterocycles. The van der Waals surface area contributed by atoms with Crippen molar-refractivity contribution < 1.29 is 43.8 Å². The number of carbonyl (C=O) groups is 2. The lowest BCUT2D eigenvalue weighted by atomic mass is 9.55. The monoisotopic (exact) mass is 929 g/mol. The molecule has 0 saturated heterocycles. The molecule has 0 spiro atoms. The second kappa shape index (κ2) is 27.7. The molecule has 0 radical (unpaired) electrons. The van der Waals surface area contributed by atoms with Crippen LogP contribution in [0.3, 0.4) is 0 Å². The number of amides is 2. The molecule has 14 nitrogen and oxygen atoms in total. The summed E-state index contributed by atoms with van der Waals surface area (Å²) in [6.45, 7) is 9.37. The zero-order chi connectivity index (χ0) is 48.0. The third-order valence-electron chi connectivity index (χ3n) is 13.5. The molecule has 67 heavy (non-hydrogen) atoms. The number of carbonyl (C=O) groups excluding carboxylic acids is 2. The van der Waals surface area contributed by atoms with E-state index >= 15 is 0 Å². The number of nitro groups is 1. The van der Waals surface area contributed by atoms with Gasteiger partial charge >= 0.3 is 6.09 Å². The number of unbranched alkanes of at least 4 members (excludes halogenated alkanes) is 11. The van der Waals surface area contributed by atoms with Gasteiger partial charge < -0.3 is 39.5 Å². The maximum Gasteiger partial charge on any atom is 0.412 e. The Morgan fingerprint density at radius 2 is 1.63 bits per heavy atom. The van der Waals surface area contributed by atoms with E-state index in [1.54, 1.807) is 35.3 Å². The van der Waals surface area contributed by atoms with Crippen LogP contribution >= 0.6 is 0 Å². The molecule has 14 heteroatoms. The summed E-state index contributed by atoms with van der Waals surface area (Å²) in [4.78, 5) is 46.1. The van der Waals surface area contributed by atoms with Crippen LogP contribution in [-0.4, -0.2) is 89.6 Å². The van der Waals surface area contributed by atoms with E-state index in [0.717, 1.165) is 56.1 Å². The van der Waals surface area contributed by atoms with Crippen LogP contribution in [0.4, 0.5) is 10.5 Å². The Kier molecular flexibility index (Phi) is 21.9. The zero-order valence-electron chi connectivity index (χ0n) is 40.2. The third-order valence-corrected chi connectivity index (χ3v) is 13.5. The van der Waals surface area contributed by atoms with Gasteiger partial charge in [0.25, 0.3) is 5.69 Å². The molecule has 2 aromatic rings. The lowest BCUT2D eigenvalue weighted by Crippen LogP contribution is -2.70. The molecular formula is C53H76N4O10. The number of benzene rings is 2. The van der Waals surface area contributed by atoms with Gasteiger partial charge in [-0.2, -0.15) is 0 Å². The number of hydrogen-bond acceptors (Lipinski definition) is 11. The van der Waals surface area contributed by atoms with Crippen molar-refractivity contribution in [2.75, 3.05) is 40.0 Å². The lowest BCUT2D eigenvalue weighted by Gasteiger charge is -2.60. The molecule has 368 valence electrons. The number of ether oxygens (including phenoxy) is 3. The van der Waals surface area contributed by atoms with Crippen molar-refractivity contribution >= 4 is 29.5 Å². The fraction of sp³-hybridized carbons (Fsp3) is 0.604. The third kappa shape index (κ3) is 14.2. The van der Waals surface area contributed by atoms with Crippen LogP contribution in [-0.2, 0) is 14.4 Å². The second-order valence-electron chi connectivity index (χ2n) is 18.2. The van der Waals surface area contributed by atoms with Crippen molar-refractivity contribution in [2.24, 2.45) is 22.9 Å². The molecule has 2 aliphatic carbocycles. The predicted octanol–water partition coefficient (Wildman–Crippen LogP) is 10.8. The van der Waals surface area contributed by atoms with E-state index in [4.69, 9.17) is 19.0 Å². The number of aliphatic hydroxyl groups is 2. The first kappa shape index (κ1) is 52.9. The van der Waals surface area contributed by atoms with E-state index in [1.807, 2.05) is 19.1 Å². The standard InChI is InChI=1S/C53H76N4O10/c1-5-8-9-10-11-12-13-14-15-18-31-54-52(61)66-42-28-29-47-45(37-42)50-43(22-17-20-34-59)40(21-16-19-33-58)36-44-46(55-64-4)38-48(53(67-47,51(44)50)65-35-7-3)56(32-6-2)49(60)30-25-39-23-26-41(27-24-39)57(62)63/h7,23-30,36-37,40,43,48,50-51,58-59H,3,5-6,8-22,31-35,38H2,1-2,4H3,(H,54,61)/t40-,43+,48-,50+,51+,53+/m0/s1. The Bertz CT molecular complexity index is 1990. The Labute approximate surface area is 398 Å². The smallest absolute Gasteiger partial charge is 0.412 e. The number of hydrogen-bond donors (Lipinski definition) is 3. The number of aliphatic hydroxyl groups excluding tert-OH is 2. The second-order valence-corrected chi connectivity index (χ2v) is 18.2. The molecule has 1 saturated carbocycles. The van der Waals surface area contributed by atoms with Crippen molar-refractivity contribution in [1.82, 2.24) is 10.2 Å². The minimum atomic E-state index is -1.45. The van der Waals surface area contributed by atoms with Gasteiger partial charge in [-0.05, 0) is 97.9 Å². The van der Waals surface area contributed by atoms with Crippen molar-refractivity contribution in [3.63, 3.8) is 0 Å². The van der Waals surface area contributed by atoms with Crippen molar-refractivity contribution in [2.45, 2.75) is 147 Å². The molecule has 0 bridgehead atoms. The highest BCUT2D eigenvalue weighted by Crippen LogP contribution is 2.62. The van der Waals surface area contributed by atoms with E-state index in [9.17, 15) is 29.9 Å². The maximum atomic E-state index is 14.6. The molecule has 2 amide bonds. The van der Waals surface area contributed by atoms with Crippen molar-refractivity contribution in [3.8, 4) is 11.5 Å². The fourth-order valence-electron chi connectivity index (χ4n) is 10.4. The molecule has 0 unspecified atom stereocenters. The number of oxime groups is 1. The predicted molar refractivity (Wildman–Crippen MR) is 262 cm³/mol. The minimum absolute atomic E-state index is 0.00586. The molecule has 5 rings (SSSR count). The first-order valence-corrected chi connectivity index (χ1v) is 25.0. The van der Waals surface area contributed by atoms with Crippen LogP contribution in [0.25, 0.3) is 6.08 Å². The first-order valence-electron chi connectivity index (χ1n) is 25.0. The molecule has 1 aliphatic heterocycles. The van der Waals surface area contributed by atoms with E-state index < -0.39 is 28.8 Å². The zero-order valence-corrected chi connectivity index (χ0v) is 40.2. The number of nitro benzene ring substituents is 1. The van der Waals surface area contributed by atoms with E-state index in [-0.39, 0.29) is 55.6 Å². The van der Waals surface area contributed by atoms with Crippen molar-refractivity contribution in [1.29, 1.82) is 0 Å². The van der Waals surface area contributed by atoms with Crippen LogP contribution in [0.5, 0.6) is 11.5 Å². The average molecular weight is 929 g/mol. The van der Waals surface area contributed by atoms with Gasteiger partial charge in [-0.1, -0.05) is 102 Å². The molecule has 3 N–H and O–H groups in total. The van der Waals surface area contributed by atoms with Crippen LogP contribution in [0.1, 0.15) is 146 Å². The van der Waals surface area contributed by atoms with Gasteiger partial charge in [0, 0.05) is 62.4 Å². The average Bonchev–Trinajstić information content (AvgIpc) is 3.32. The summed E-state index contributed by atoms with van der Waals surface area (Å²) in [5.74, 6) is -1.60. The van der Waals surface area contributed by atoms with Crippen LogP contribution < -0.4 is 14.8 Å². The van der Waals surface area contributed by atoms with Gasteiger partial charge in [-0.25, -0.2) is 4.79 Å². The van der Waals surface area contributed by atoms with Crippen molar-refractivity contribution in [3.05, 3.63) is 94.1 Å².